The lowest BCUT2D eigenvalue weighted by atomic mass is 10.3. The van der Waals surface area contributed by atoms with Crippen molar-refractivity contribution >= 4 is 0 Å². The summed E-state index contributed by atoms with van der Waals surface area (Å²) in [5.74, 6) is 0. The predicted octanol–water partition coefficient (Wildman–Crippen LogP) is 2.16. The molecule has 0 aromatic rings. The predicted molar refractivity (Wildman–Crippen MR) is 40.4 cm³/mol. The largest absolute Gasteiger partial charge is 0.384 e. The molecule has 0 aromatic carbocycles. The summed E-state index contributed by atoms with van der Waals surface area (Å²) in [6.07, 6.45) is 5.04. The number of allylic oxidation sites excluding steroid dienone is 2. The van der Waals surface area contributed by atoms with Crippen molar-refractivity contribution in [1.82, 2.24) is 0 Å². The second-order valence-corrected chi connectivity index (χ2v) is 2.03. The maximum atomic E-state index is 4.84. The Labute approximate surface area is 57.0 Å². The molecule has 0 aromatic heterocycles. The van der Waals surface area contributed by atoms with Gasteiger partial charge in [0.05, 0.1) is 0 Å². The van der Waals surface area contributed by atoms with Gasteiger partial charge in [0.2, 0.25) is 0 Å². The average molecular weight is 126 g/mol. The third-order valence-corrected chi connectivity index (χ3v) is 0.891. The van der Waals surface area contributed by atoms with Crippen LogP contribution in [0.2, 0.25) is 0 Å². The highest BCUT2D eigenvalue weighted by Crippen LogP contribution is 1.91. The molecule has 0 heterocycles. The van der Waals surface area contributed by atoms with Crippen LogP contribution in [0, 0.1) is 0 Å². The van der Waals surface area contributed by atoms with Crippen molar-refractivity contribution in [2.75, 3.05) is 13.7 Å². The van der Waals surface area contributed by atoms with E-state index in [1.807, 2.05) is 13.0 Å². The standard InChI is InChI=1S/C8H14O/c1-8(2)6-4-5-7-9-3/h4,6H,1,5,7H2,2-3H3. The molecule has 1 nitrogen and oxygen atoms in total. The first kappa shape index (κ1) is 8.44. The van der Waals surface area contributed by atoms with Crippen molar-refractivity contribution in [2.24, 2.45) is 0 Å². The second kappa shape index (κ2) is 5.57. The van der Waals surface area contributed by atoms with Crippen molar-refractivity contribution in [1.29, 1.82) is 0 Å². The summed E-state index contributed by atoms with van der Waals surface area (Å²) in [5, 5.41) is 0. The Balaban J connectivity index is 3.15. The highest BCUT2D eigenvalue weighted by molar-refractivity contribution is 5.10. The molecule has 0 radical (unpaired) electrons. The van der Waals surface area contributed by atoms with Crippen LogP contribution in [-0.4, -0.2) is 13.7 Å². The van der Waals surface area contributed by atoms with Crippen molar-refractivity contribution in [3.63, 3.8) is 0 Å². The van der Waals surface area contributed by atoms with E-state index < -0.39 is 0 Å². The number of hydrogen-bond donors (Lipinski definition) is 0. The van der Waals surface area contributed by atoms with Crippen LogP contribution < -0.4 is 0 Å². The van der Waals surface area contributed by atoms with E-state index in [4.69, 9.17) is 4.74 Å². The van der Waals surface area contributed by atoms with E-state index in [-0.39, 0.29) is 0 Å². The minimum atomic E-state index is 0.795. The molecule has 52 valence electrons. The first-order chi connectivity index (χ1) is 4.27. The number of methoxy groups -OCH3 is 1. The van der Waals surface area contributed by atoms with Gasteiger partial charge in [-0.05, 0) is 13.3 Å². The van der Waals surface area contributed by atoms with E-state index in [9.17, 15) is 0 Å². The van der Waals surface area contributed by atoms with E-state index in [0.29, 0.717) is 0 Å². The van der Waals surface area contributed by atoms with Crippen LogP contribution in [0.1, 0.15) is 13.3 Å². The summed E-state index contributed by atoms with van der Waals surface area (Å²) in [7, 11) is 1.70. The summed E-state index contributed by atoms with van der Waals surface area (Å²) in [4.78, 5) is 0. The molecule has 0 spiro atoms. The van der Waals surface area contributed by atoms with Gasteiger partial charge >= 0.3 is 0 Å². The fourth-order valence-corrected chi connectivity index (χ4v) is 0.470. The van der Waals surface area contributed by atoms with E-state index >= 15 is 0 Å². The highest BCUT2D eigenvalue weighted by Gasteiger charge is 1.76. The Morgan fingerprint density at radius 2 is 2.33 bits per heavy atom. The maximum absolute atomic E-state index is 4.84. The Hall–Kier alpha value is -0.560. The molecule has 0 aliphatic rings. The van der Waals surface area contributed by atoms with Gasteiger partial charge in [0, 0.05) is 13.7 Å². The fraction of sp³-hybridized carbons (Fsp3) is 0.500. The molecule has 0 aliphatic carbocycles. The third kappa shape index (κ3) is 7.44. The summed E-state index contributed by atoms with van der Waals surface area (Å²) < 4.78 is 4.84. The first-order valence-corrected chi connectivity index (χ1v) is 3.08. The lowest BCUT2D eigenvalue weighted by Crippen LogP contribution is -1.83. The minimum Gasteiger partial charge on any atom is -0.384 e. The highest BCUT2D eigenvalue weighted by atomic mass is 16.5. The van der Waals surface area contributed by atoms with Crippen LogP contribution in [0.15, 0.2) is 24.3 Å². The zero-order chi connectivity index (χ0) is 7.11. The third-order valence-electron chi connectivity index (χ3n) is 0.891. The Bertz CT molecular complexity index is 103. The molecule has 0 rings (SSSR count). The molecule has 0 N–H and O–H groups in total. The fourth-order valence-electron chi connectivity index (χ4n) is 0.470. The van der Waals surface area contributed by atoms with Gasteiger partial charge in [-0.15, -0.1) is 0 Å². The minimum absolute atomic E-state index is 0.795. The monoisotopic (exact) mass is 126 g/mol. The number of ether oxygens (including phenoxy) is 1. The molecule has 0 fully saturated rings. The van der Waals surface area contributed by atoms with E-state index in [1.165, 1.54) is 0 Å². The van der Waals surface area contributed by atoms with Gasteiger partial charge in [-0.3, -0.25) is 0 Å². The summed E-state index contributed by atoms with van der Waals surface area (Å²) >= 11 is 0. The van der Waals surface area contributed by atoms with Crippen LogP contribution in [0.25, 0.3) is 0 Å². The molecular formula is C8H14O. The van der Waals surface area contributed by atoms with Gasteiger partial charge in [-0.2, -0.15) is 0 Å². The quantitative estimate of drug-likeness (QED) is 0.414. The molecule has 0 unspecified atom stereocenters. The Kier molecular flexibility index (Phi) is 5.23. The van der Waals surface area contributed by atoms with Crippen LogP contribution >= 0.6 is 0 Å². The van der Waals surface area contributed by atoms with Gasteiger partial charge in [0.15, 0.2) is 0 Å². The molecule has 0 saturated carbocycles. The number of hydrogen-bond acceptors (Lipinski definition) is 1. The van der Waals surface area contributed by atoms with Crippen LogP contribution in [0.4, 0.5) is 0 Å². The summed E-state index contributed by atoms with van der Waals surface area (Å²) in [6.45, 7) is 6.50. The summed E-state index contributed by atoms with van der Waals surface area (Å²) in [5.41, 5.74) is 1.09. The van der Waals surface area contributed by atoms with Gasteiger partial charge in [-0.1, -0.05) is 24.3 Å². The molecule has 0 atom stereocenters. The molecule has 0 saturated heterocycles. The maximum Gasteiger partial charge on any atom is 0.0496 e. The molecule has 1 heteroatoms. The smallest absolute Gasteiger partial charge is 0.0496 e. The van der Waals surface area contributed by atoms with Gasteiger partial charge < -0.3 is 4.74 Å². The van der Waals surface area contributed by atoms with Crippen LogP contribution in [-0.2, 0) is 4.74 Å². The molecular weight excluding hydrogens is 112 g/mol. The Morgan fingerprint density at radius 1 is 1.67 bits per heavy atom. The van der Waals surface area contributed by atoms with Crippen molar-refractivity contribution in [3.05, 3.63) is 24.3 Å². The Morgan fingerprint density at radius 3 is 2.78 bits per heavy atom. The topological polar surface area (TPSA) is 9.23 Å². The van der Waals surface area contributed by atoms with E-state index in [1.54, 1.807) is 7.11 Å². The molecule has 9 heavy (non-hydrogen) atoms. The number of rotatable bonds is 4. The van der Waals surface area contributed by atoms with Crippen molar-refractivity contribution in [2.45, 2.75) is 13.3 Å². The second-order valence-electron chi connectivity index (χ2n) is 2.03. The first-order valence-electron chi connectivity index (χ1n) is 3.08. The van der Waals surface area contributed by atoms with Crippen molar-refractivity contribution in [3.8, 4) is 0 Å². The van der Waals surface area contributed by atoms with Crippen LogP contribution in [0.5, 0.6) is 0 Å². The zero-order valence-corrected chi connectivity index (χ0v) is 6.18. The van der Waals surface area contributed by atoms with Gasteiger partial charge in [-0.25, -0.2) is 0 Å². The molecule has 0 amide bonds. The zero-order valence-electron chi connectivity index (χ0n) is 6.18. The average Bonchev–Trinajstić information content (AvgIpc) is 1.80. The van der Waals surface area contributed by atoms with E-state index in [2.05, 4.69) is 12.7 Å². The SMILES string of the molecule is C=C(C)C=CCCOC. The normalized spacial score (nSPS) is 10.4. The molecule has 0 bridgehead atoms. The van der Waals surface area contributed by atoms with Crippen LogP contribution in [0.3, 0.4) is 0 Å². The van der Waals surface area contributed by atoms with Gasteiger partial charge in [0.25, 0.3) is 0 Å². The lowest BCUT2D eigenvalue weighted by Gasteiger charge is -1.89. The van der Waals surface area contributed by atoms with Gasteiger partial charge in [0.1, 0.15) is 0 Å². The van der Waals surface area contributed by atoms with Crippen molar-refractivity contribution < 1.29 is 4.74 Å². The molecule has 0 aliphatic heterocycles. The lowest BCUT2D eigenvalue weighted by molar-refractivity contribution is 0.204. The summed E-state index contributed by atoms with van der Waals surface area (Å²) in [6, 6.07) is 0. The van der Waals surface area contributed by atoms with E-state index in [0.717, 1.165) is 18.6 Å².